The maximum Gasteiger partial charge on any atom is 0.410 e. The van der Waals surface area contributed by atoms with Crippen molar-refractivity contribution in [3.63, 3.8) is 0 Å². The molecule has 4 amide bonds. The summed E-state index contributed by atoms with van der Waals surface area (Å²) in [4.78, 5) is 70.1. The number of ether oxygens (including phenoxy) is 4. The van der Waals surface area contributed by atoms with Gasteiger partial charge >= 0.3 is 6.09 Å². The normalized spacial score (nSPS) is 18.3. The molecule has 56 heavy (non-hydrogen) atoms. The van der Waals surface area contributed by atoms with Crippen LogP contribution in [0.1, 0.15) is 41.6 Å². The van der Waals surface area contributed by atoms with Gasteiger partial charge < -0.3 is 43.5 Å². The van der Waals surface area contributed by atoms with Gasteiger partial charge in [0.05, 0.1) is 46.3 Å². The van der Waals surface area contributed by atoms with Crippen molar-refractivity contribution in [2.75, 3.05) is 85.2 Å². The molecule has 296 valence electrons. The van der Waals surface area contributed by atoms with E-state index in [0.717, 1.165) is 36.5 Å². The smallest absolute Gasteiger partial charge is 0.410 e. The summed E-state index contributed by atoms with van der Waals surface area (Å²) >= 11 is 0. The fourth-order valence-corrected chi connectivity index (χ4v) is 7.68. The average Bonchev–Trinajstić information content (AvgIpc) is 3.91. The Morgan fingerprint density at radius 2 is 1.70 bits per heavy atom. The third-order valence-corrected chi connectivity index (χ3v) is 10.6. The van der Waals surface area contributed by atoms with Crippen LogP contribution >= 0.6 is 0 Å². The lowest BCUT2D eigenvalue weighted by Crippen LogP contribution is -2.46. The predicted molar refractivity (Wildman–Crippen MR) is 206 cm³/mol. The molecule has 3 aliphatic heterocycles. The van der Waals surface area contributed by atoms with Gasteiger partial charge in [0.15, 0.2) is 11.5 Å². The molecule has 2 aromatic carbocycles. The largest absolute Gasteiger partial charge is 0.493 e. The zero-order valence-corrected chi connectivity index (χ0v) is 32.1. The minimum absolute atomic E-state index is 0.0955. The number of cyclic esters (lactones) is 1. The fourth-order valence-electron chi connectivity index (χ4n) is 7.68. The van der Waals surface area contributed by atoms with Gasteiger partial charge in [-0.15, -0.1) is 0 Å². The minimum atomic E-state index is -0.517. The Kier molecular flexibility index (Phi) is 11.7. The molecule has 0 radical (unpaired) electrons. The summed E-state index contributed by atoms with van der Waals surface area (Å²) in [5.74, 6) is 1.48. The maximum atomic E-state index is 14.1. The maximum absolute atomic E-state index is 14.1. The van der Waals surface area contributed by atoms with Gasteiger partial charge in [-0.25, -0.2) is 14.8 Å². The number of nitrogens with zero attached hydrogens (tertiary/aromatic N) is 7. The van der Waals surface area contributed by atoms with Crippen LogP contribution in [-0.2, 0) is 20.9 Å². The van der Waals surface area contributed by atoms with Crippen molar-refractivity contribution in [1.82, 2.24) is 34.6 Å². The van der Waals surface area contributed by atoms with Crippen LogP contribution in [0.3, 0.4) is 0 Å². The number of nitrogens with one attached hydrogen (secondary N) is 1. The Hall–Kier alpha value is -6.06. The molecule has 1 N–H and O–H groups in total. The van der Waals surface area contributed by atoms with E-state index in [9.17, 15) is 19.2 Å². The van der Waals surface area contributed by atoms with Crippen molar-refractivity contribution < 1.29 is 38.1 Å². The second-order valence-corrected chi connectivity index (χ2v) is 14.2. The molecule has 3 aliphatic rings. The second kappa shape index (κ2) is 17.2. The first-order valence-corrected chi connectivity index (χ1v) is 19.0. The van der Waals surface area contributed by atoms with Crippen LogP contribution in [0.25, 0.3) is 16.6 Å². The van der Waals surface area contributed by atoms with Crippen molar-refractivity contribution in [3.8, 4) is 22.9 Å². The third kappa shape index (κ3) is 8.28. The lowest BCUT2D eigenvalue weighted by molar-refractivity contribution is -0.132. The Balaban J connectivity index is 1.22. The summed E-state index contributed by atoms with van der Waals surface area (Å²) in [6.07, 6.45) is 7.50. The number of rotatable bonds is 7. The first-order chi connectivity index (χ1) is 27.3. The molecule has 5 heterocycles. The quantitative estimate of drug-likeness (QED) is 0.293. The number of methoxy groups -OCH3 is 3. The van der Waals surface area contributed by atoms with Crippen LogP contribution in [0, 0.1) is 5.92 Å². The van der Waals surface area contributed by atoms with Gasteiger partial charge in [0.1, 0.15) is 19.0 Å². The topological polar surface area (TPSA) is 161 Å². The van der Waals surface area contributed by atoms with Crippen molar-refractivity contribution in [2.45, 2.75) is 32.2 Å². The highest BCUT2D eigenvalue weighted by Crippen LogP contribution is 2.44. The molecule has 2 bridgehead atoms. The molecule has 0 spiro atoms. The van der Waals surface area contributed by atoms with Crippen molar-refractivity contribution >= 4 is 40.5 Å². The Morgan fingerprint density at radius 3 is 2.39 bits per heavy atom. The highest BCUT2D eigenvalue weighted by molar-refractivity contribution is 5.97. The molecule has 16 nitrogen and oxygen atoms in total. The summed E-state index contributed by atoms with van der Waals surface area (Å²) in [7, 11) is 4.67. The number of hydrogen-bond acceptors (Lipinski definition) is 11. The first-order valence-electron chi connectivity index (χ1n) is 19.0. The molecule has 2 aromatic heterocycles. The van der Waals surface area contributed by atoms with Gasteiger partial charge in [-0.1, -0.05) is 0 Å². The predicted octanol–water partition coefficient (Wildman–Crippen LogP) is 3.50. The highest BCUT2D eigenvalue weighted by atomic mass is 16.6. The lowest BCUT2D eigenvalue weighted by Gasteiger charge is -2.36. The van der Waals surface area contributed by atoms with E-state index in [0.29, 0.717) is 79.3 Å². The van der Waals surface area contributed by atoms with E-state index in [1.54, 1.807) is 55.8 Å². The number of aromatic nitrogens is 3. The van der Waals surface area contributed by atoms with Gasteiger partial charge in [0, 0.05) is 79.9 Å². The van der Waals surface area contributed by atoms with Crippen LogP contribution in [0.2, 0.25) is 0 Å². The fraction of sp³-hybridized carbons (Fsp3) is 0.450. The van der Waals surface area contributed by atoms with Gasteiger partial charge in [0.25, 0.3) is 5.91 Å². The van der Waals surface area contributed by atoms with Crippen molar-refractivity contribution in [2.24, 2.45) is 5.92 Å². The number of carbonyl (C=O) groups excluding carboxylic acids is 4. The summed E-state index contributed by atoms with van der Waals surface area (Å²) < 4.78 is 24.2. The number of amides is 4. The number of piperidine rings is 1. The van der Waals surface area contributed by atoms with Crippen molar-refractivity contribution in [1.29, 1.82) is 0 Å². The molecule has 2 saturated heterocycles. The van der Waals surface area contributed by atoms with Crippen LogP contribution < -0.4 is 24.4 Å². The van der Waals surface area contributed by atoms with Gasteiger partial charge in [-0.3, -0.25) is 19.3 Å². The average molecular weight is 769 g/mol. The molecule has 0 aliphatic carbocycles. The minimum Gasteiger partial charge on any atom is -0.493 e. The molecule has 4 aromatic rings. The Morgan fingerprint density at radius 1 is 0.911 bits per heavy atom. The van der Waals surface area contributed by atoms with E-state index in [-0.39, 0.29) is 49.9 Å². The van der Waals surface area contributed by atoms with Crippen LogP contribution in [0.5, 0.6) is 17.2 Å². The number of hydrogen-bond donors (Lipinski definition) is 1. The highest BCUT2D eigenvalue weighted by Gasteiger charge is 2.30. The van der Waals surface area contributed by atoms with Gasteiger partial charge in [-0.2, -0.15) is 0 Å². The molecule has 2 fully saturated rings. The lowest BCUT2D eigenvalue weighted by atomic mass is 9.97. The third-order valence-electron chi connectivity index (χ3n) is 10.6. The molecule has 16 heteroatoms. The monoisotopic (exact) mass is 768 g/mol. The molecule has 7 rings (SSSR count). The standard InChI is InChI=1S/C40H48N8O8/c1-53-33-20-32-31(36(54-2)37(33)55-3)19-29-23-44(35(50)25-47-17-18-56-40(47)52)13-4-5-14-46(39(51)28-8-10-30(11-9-28)48-16-12-41-26-48)24-34(49)42-21-27-7-6-15-45(22-27)38(29)43-32/h8-12,16,19-20,26-27H,4-7,13-15,17-18,21-25H2,1-3H3,(H,42,49). The molecule has 1 atom stereocenters. The van der Waals surface area contributed by atoms with Crippen LogP contribution in [0.15, 0.2) is 55.1 Å². The number of pyridine rings is 1. The zero-order chi connectivity index (χ0) is 39.2. The zero-order valence-electron chi connectivity index (χ0n) is 32.1. The number of benzene rings is 2. The second-order valence-electron chi connectivity index (χ2n) is 14.2. The van der Waals surface area contributed by atoms with E-state index in [1.807, 2.05) is 35.0 Å². The number of imidazole rings is 1. The van der Waals surface area contributed by atoms with E-state index < -0.39 is 6.09 Å². The van der Waals surface area contributed by atoms with Crippen LogP contribution in [0.4, 0.5) is 10.6 Å². The van der Waals surface area contributed by atoms with Crippen molar-refractivity contribution in [3.05, 3.63) is 66.2 Å². The first kappa shape index (κ1) is 38.2. The molecular weight excluding hydrogens is 720 g/mol. The number of anilines is 1. The van der Waals surface area contributed by atoms with E-state index in [4.69, 9.17) is 23.9 Å². The van der Waals surface area contributed by atoms with Crippen LogP contribution in [-0.4, -0.2) is 133 Å². The molecule has 0 saturated carbocycles. The SMILES string of the molecule is COc1cc2nc3c(cc2c(OC)c1OC)CN(C(=O)CN1CCOC1=O)CCCCN(C(=O)c1ccc(-n2ccnc2)cc1)CC(=O)NCC1CCCN3C1. The van der Waals surface area contributed by atoms with E-state index in [2.05, 4.69) is 15.2 Å². The molecule has 1 unspecified atom stereocenters. The van der Waals surface area contributed by atoms with E-state index in [1.165, 1.54) is 4.90 Å². The van der Waals surface area contributed by atoms with Gasteiger partial charge in [-0.05, 0) is 61.9 Å². The Labute approximate surface area is 325 Å². The van der Waals surface area contributed by atoms with E-state index >= 15 is 0 Å². The molecular formula is C40H48N8O8. The summed E-state index contributed by atoms with van der Waals surface area (Å²) in [6, 6.07) is 11.0. The summed E-state index contributed by atoms with van der Waals surface area (Å²) in [6.45, 7) is 2.97. The Bertz CT molecular complexity index is 2060. The number of carbonyl (C=O) groups is 4. The summed E-state index contributed by atoms with van der Waals surface area (Å²) in [5, 5.41) is 3.80. The summed E-state index contributed by atoms with van der Waals surface area (Å²) in [5.41, 5.74) is 2.77. The number of fused-ring (bicyclic) bond motifs is 5. The van der Waals surface area contributed by atoms with Gasteiger partial charge in [0.2, 0.25) is 17.6 Å².